The molecule has 9 nitrogen and oxygen atoms in total. The van der Waals surface area contributed by atoms with Crippen LogP contribution in [0.1, 0.15) is 15.9 Å². The highest BCUT2D eigenvalue weighted by atomic mass is 35.5. The molecule has 0 atom stereocenters. The Morgan fingerprint density at radius 3 is 2.58 bits per heavy atom. The third-order valence-corrected chi connectivity index (χ3v) is 4.36. The van der Waals surface area contributed by atoms with Gasteiger partial charge in [-0.3, -0.25) is 9.59 Å². The van der Waals surface area contributed by atoms with Crippen molar-refractivity contribution in [1.29, 1.82) is 0 Å². The molecule has 2 amide bonds. The number of hydrogen-bond donors (Lipinski definition) is 4. The van der Waals surface area contributed by atoms with Gasteiger partial charge in [0.2, 0.25) is 11.9 Å². The number of nitrogens with two attached hydrogens (primary N) is 1. The van der Waals surface area contributed by atoms with Crippen molar-refractivity contribution in [2.45, 2.75) is 6.54 Å². The average Bonchev–Trinajstić information content (AvgIpc) is 2.73. The fraction of sp³-hybridized carbons (Fsp3) is 0.143. The smallest absolute Gasteiger partial charge is 0.254 e. The summed E-state index contributed by atoms with van der Waals surface area (Å²) in [6.45, 7) is 0.368. The lowest BCUT2D eigenvalue weighted by Gasteiger charge is -2.12. The maximum atomic E-state index is 11.8. The zero-order valence-corrected chi connectivity index (χ0v) is 17.4. The van der Waals surface area contributed by atoms with Crippen LogP contribution < -0.4 is 21.7 Å². The number of aromatic nitrogens is 2. The van der Waals surface area contributed by atoms with Crippen molar-refractivity contribution in [2.75, 3.05) is 29.7 Å². The van der Waals surface area contributed by atoms with Gasteiger partial charge in [-0.25, -0.2) is 4.98 Å². The maximum Gasteiger partial charge on any atom is 0.254 e. The standard InChI is InChI=1S/C21H21ClN6O3/c1-31-12-18(29)26-15-3-2-4-16(9-15)27-21-25-11-17(19(23)30)20(28-21)24-10-13-5-7-14(22)8-6-13/h2-9,11H,10,12H2,1H3,(H2,23,30)(H,26,29)(H2,24,25,27,28). The number of carbonyl (C=O) groups is 2. The molecular formula is C21H21ClN6O3. The summed E-state index contributed by atoms with van der Waals surface area (Å²) in [6.07, 6.45) is 1.35. The summed E-state index contributed by atoms with van der Waals surface area (Å²) in [5.74, 6) is -0.364. The average molecular weight is 441 g/mol. The number of primary amides is 1. The fourth-order valence-corrected chi connectivity index (χ4v) is 2.80. The lowest BCUT2D eigenvalue weighted by atomic mass is 10.2. The van der Waals surface area contributed by atoms with E-state index in [-0.39, 0.29) is 24.0 Å². The van der Waals surface area contributed by atoms with Gasteiger partial charge in [0.1, 0.15) is 12.4 Å². The molecule has 0 saturated heterocycles. The molecule has 0 unspecified atom stereocenters. The van der Waals surface area contributed by atoms with Crippen molar-refractivity contribution < 1.29 is 14.3 Å². The highest BCUT2D eigenvalue weighted by Crippen LogP contribution is 2.21. The number of rotatable bonds is 9. The number of ether oxygens (including phenoxy) is 1. The highest BCUT2D eigenvalue weighted by molar-refractivity contribution is 6.30. The number of nitrogens with one attached hydrogen (secondary N) is 3. The van der Waals surface area contributed by atoms with Crippen molar-refractivity contribution in [1.82, 2.24) is 9.97 Å². The van der Waals surface area contributed by atoms with Gasteiger partial charge in [0, 0.05) is 36.2 Å². The van der Waals surface area contributed by atoms with Crippen molar-refractivity contribution in [3.63, 3.8) is 0 Å². The Morgan fingerprint density at radius 2 is 1.87 bits per heavy atom. The van der Waals surface area contributed by atoms with Crippen LogP contribution in [0, 0.1) is 0 Å². The van der Waals surface area contributed by atoms with Gasteiger partial charge in [0.15, 0.2) is 0 Å². The summed E-state index contributed by atoms with van der Waals surface area (Å²) in [7, 11) is 1.45. The highest BCUT2D eigenvalue weighted by Gasteiger charge is 2.13. The summed E-state index contributed by atoms with van der Waals surface area (Å²) in [5, 5.41) is 9.50. The van der Waals surface area contributed by atoms with Gasteiger partial charge < -0.3 is 26.4 Å². The normalized spacial score (nSPS) is 10.4. The summed E-state index contributed by atoms with van der Waals surface area (Å²) in [4.78, 5) is 32.0. The number of hydrogen-bond acceptors (Lipinski definition) is 7. The molecule has 0 aliphatic carbocycles. The number of carbonyl (C=O) groups excluding carboxylic acids is 2. The topological polar surface area (TPSA) is 131 Å². The predicted octanol–water partition coefficient (Wildman–Crippen LogP) is 3.17. The molecule has 0 aliphatic heterocycles. The third kappa shape index (κ3) is 6.39. The lowest BCUT2D eigenvalue weighted by Crippen LogP contribution is -2.17. The second-order valence-electron chi connectivity index (χ2n) is 6.49. The van der Waals surface area contributed by atoms with Crippen LogP contribution in [0.25, 0.3) is 0 Å². The number of methoxy groups -OCH3 is 1. The van der Waals surface area contributed by atoms with Crippen LogP contribution in [-0.2, 0) is 16.1 Å². The number of amides is 2. The molecular weight excluding hydrogens is 420 g/mol. The number of anilines is 4. The molecule has 160 valence electrons. The Balaban J connectivity index is 1.76. The van der Waals surface area contributed by atoms with E-state index in [1.165, 1.54) is 13.3 Å². The van der Waals surface area contributed by atoms with E-state index in [0.717, 1.165) is 5.56 Å². The van der Waals surface area contributed by atoms with E-state index in [1.54, 1.807) is 36.4 Å². The first-order valence-corrected chi connectivity index (χ1v) is 9.63. The van der Waals surface area contributed by atoms with E-state index in [2.05, 4.69) is 25.9 Å². The molecule has 0 saturated carbocycles. The third-order valence-electron chi connectivity index (χ3n) is 4.11. The first-order valence-electron chi connectivity index (χ1n) is 9.25. The van der Waals surface area contributed by atoms with Crippen molar-refractivity contribution in [3.8, 4) is 0 Å². The van der Waals surface area contributed by atoms with Crippen molar-refractivity contribution in [2.24, 2.45) is 5.73 Å². The Kier molecular flexibility index (Phi) is 7.36. The maximum absolute atomic E-state index is 11.8. The molecule has 0 radical (unpaired) electrons. The van der Waals surface area contributed by atoms with E-state index in [1.807, 2.05) is 12.1 Å². The van der Waals surface area contributed by atoms with Crippen LogP contribution >= 0.6 is 11.6 Å². The minimum Gasteiger partial charge on any atom is -0.375 e. The van der Waals surface area contributed by atoms with Crippen LogP contribution in [0.3, 0.4) is 0 Å². The number of nitrogens with zero attached hydrogens (tertiary/aromatic N) is 2. The Morgan fingerprint density at radius 1 is 1.13 bits per heavy atom. The van der Waals surface area contributed by atoms with Gasteiger partial charge >= 0.3 is 0 Å². The molecule has 0 fully saturated rings. The molecule has 0 bridgehead atoms. The summed E-state index contributed by atoms with van der Waals surface area (Å²) < 4.78 is 4.81. The quantitative estimate of drug-likeness (QED) is 0.402. The zero-order chi connectivity index (χ0) is 22.2. The van der Waals surface area contributed by atoms with Crippen molar-refractivity contribution >= 4 is 46.6 Å². The molecule has 31 heavy (non-hydrogen) atoms. The lowest BCUT2D eigenvalue weighted by molar-refractivity contribution is -0.119. The second kappa shape index (κ2) is 10.4. The van der Waals surface area contributed by atoms with Crippen LogP contribution in [-0.4, -0.2) is 35.5 Å². The molecule has 0 spiro atoms. The van der Waals surface area contributed by atoms with Crippen LogP contribution in [0.15, 0.2) is 54.7 Å². The molecule has 1 heterocycles. The van der Waals surface area contributed by atoms with Crippen LogP contribution in [0.5, 0.6) is 0 Å². The van der Waals surface area contributed by atoms with Gasteiger partial charge in [-0.2, -0.15) is 4.98 Å². The summed E-state index contributed by atoms with van der Waals surface area (Å²) in [5.41, 5.74) is 7.80. The van der Waals surface area contributed by atoms with E-state index < -0.39 is 5.91 Å². The Bertz CT molecular complexity index is 1070. The minimum atomic E-state index is -0.645. The molecule has 5 N–H and O–H groups in total. The van der Waals surface area contributed by atoms with Gasteiger partial charge in [-0.05, 0) is 35.9 Å². The monoisotopic (exact) mass is 440 g/mol. The van der Waals surface area contributed by atoms with E-state index in [4.69, 9.17) is 22.1 Å². The molecule has 3 aromatic rings. The summed E-state index contributed by atoms with van der Waals surface area (Å²) >= 11 is 5.91. The van der Waals surface area contributed by atoms with E-state index in [9.17, 15) is 9.59 Å². The SMILES string of the molecule is COCC(=O)Nc1cccc(Nc2ncc(C(N)=O)c(NCc3ccc(Cl)cc3)n2)c1. The van der Waals surface area contributed by atoms with Gasteiger partial charge in [0.05, 0.1) is 5.56 Å². The molecule has 3 rings (SSSR count). The first kappa shape index (κ1) is 22.0. The Labute approximate surface area is 184 Å². The second-order valence-corrected chi connectivity index (χ2v) is 6.92. The molecule has 0 aliphatic rings. The molecule has 1 aromatic heterocycles. The molecule has 2 aromatic carbocycles. The number of benzene rings is 2. The van der Waals surface area contributed by atoms with Gasteiger partial charge in [0.25, 0.3) is 5.91 Å². The van der Waals surface area contributed by atoms with Gasteiger partial charge in [-0.15, -0.1) is 0 Å². The van der Waals surface area contributed by atoms with E-state index >= 15 is 0 Å². The summed E-state index contributed by atoms with van der Waals surface area (Å²) in [6, 6.07) is 14.3. The van der Waals surface area contributed by atoms with Gasteiger partial charge in [-0.1, -0.05) is 29.8 Å². The minimum absolute atomic E-state index is 0.0437. The first-order chi connectivity index (χ1) is 14.9. The van der Waals surface area contributed by atoms with Crippen molar-refractivity contribution in [3.05, 3.63) is 70.9 Å². The predicted molar refractivity (Wildman–Crippen MR) is 120 cm³/mol. The molecule has 10 heteroatoms. The van der Waals surface area contributed by atoms with Crippen LogP contribution in [0.2, 0.25) is 5.02 Å². The van der Waals surface area contributed by atoms with Crippen LogP contribution in [0.4, 0.5) is 23.1 Å². The van der Waals surface area contributed by atoms with E-state index in [0.29, 0.717) is 28.8 Å². The largest absolute Gasteiger partial charge is 0.375 e. The zero-order valence-electron chi connectivity index (χ0n) is 16.7. The fourth-order valence-electron chi connectivity index (χ4n) is 2.68. The number of halogens is 1. The Hall–Kier alpha value is -3.69.